The molecule has 0 unspecified atom stereocenters. The van der Waals surface area contributed by atoms with Crippen LogP contribution in [0.3, 0.4) is 0 Å². The van der Waals surface area contributed by atoms with E-state index in [1.165, 1.54) is 5.56 Å². The molecular formula is C22H24N2O2. The van der Waals surface area contributed by atoms with Crippen LogP contribution in [0.1, 0.15) is 26.3 Å². The van der Waals surface area contributed by atoms with Crippen molar-refractivity contribution < 1.29 is 9.53 Å². The second-order valence-corrected chi connectivity index (χ2v) is 7.34. The van der Waals surface area contributed by atoms with E-state index in [4.69, 9.17) is 9.72 Å². The van der Waals surface area contributed by atoms with E-state index in [9.17, 15) is 4.79 Å². The lowest BCUT2D eigenvalue weighted by atomic mass is 9.86. The highest BCUT2D eigenvalue weighted by atomic mass is 16.5. The Morgan fingerprint density at radius 2 is 1.77 bits per heavy atom. The fourth-order valence-corrected chi connectivity index (χ4v) is 2.70. The number of nitrogens with one attached hydrogen (secondary N) is 1. The fraction of sp³-hybridized carbons (Fsp3) is 0.273. The topological polar surface area (TPSA) is 51.2 Å². The Labute approximate surface area is 154 Å². The lowest BCUT2D eigenvalue weighted by molar-refractivity contribution is -0.122. The first-order valence-corrected chi connectivity index (χ1v) is 8.72. The summed E-state index contributed by atoms with van der Waals surface area (Å²) in [5, 5.41) is 3.67. The first-order valence-electron chi connectivity index (χ1n) is 8.72. The Balaban J connectivity index is 1.83. The van der Waals surface area contributed by atoms with Crippen LogP contribution in [-0.4, -0.2) is 24.5 Å². The molecule has 3 aromatic rings. The molecule has 134 valence electrons. The van der Waals surface area contributed by atoms with E-state index in [1.54, 1.807) is 7.05 Å². The number of pyridine rings is 1. The lowest BCUT2D eigenvalue weighted by Crippen LogP contribution is -2.24. The molecule has 0 atom stereocenters. The van der Waals surface area contributed by atoms with E-state index in [2.05, 4.69) is 50.4 Å². The number of likely N-dealkylation sites (N-methyl/N-ethyl adjacent to an activating group) is 1. The molecule has 1 amide bonds. The number of nitrogens with zero attached hydrogens (tertiary/aromatic N) is 1. The minimum Gasteiger partial charge on any atom is -0.484 e. The van der Waals surface area contributed by atoms with Gasteiger partial charge in [-0.1, -0.05) is 32.9 Å². The molecule has 0 aliphatic carbocycles. The second kappa shape index (κ2) is 7.16. The van der Waals surface area contributed by atoms with Crippen molar-refractivity contribution in [3.63, 3.8) is 0 Å². The molecule has 1 aromatic heterocycles. The summed E-state index contributed by atoms with van der Waals surface area (Å²) in [5.41, 5.74) is 4.34. The summed E-state index contributed by atoms with van der Waals surface area (Å²) in [5.74, 6) is 0.507. The second-order valence-electron chi connectivity index (χ2n) is 7.34. The molecule has 0 bridgehead atoms. The Bertz CT molecular complexity index is 925. The van der Waals surface area contributed by atoms with Gasteiger partial charge in [-0.3, -0.25) is 4.79 Å². The normalized spacial score (nSPS) is 11.4. The maximum Gasteiger partial charge on any atom is 0.257 e. The largest absolute Gasteiger partial charge is 0.484 e. The Morgan fingerprint density at radius 1 is 1.04 bits per heavy atom. The lowest BCUT2D eigenvalue weighted by Gasteiger charge is -2.19. The average Bonchev–Trinajstić information content (AvgIpc) is 2.65. The third-order valence-corrected chi connectivity index (χ3v) is 4.35. The van der Waals surface area contributed by atoms with Crippen LogP contribution in [0.2, 0.25) is 0 Å². The van der Waals surface area contributed by atoms with E-state index >= 15 is 0 Å². The van der Waals surface area contributed by atoms with E-state index < -0.39 is 0 Å². The van der Waals surface area contributed by atoms with Crippen molar-refractivity contribution >= 4 is 16.8 Å². The number of aromatic nitrogens is 1. The number of fused-ring (bicyclic) bond motifs is 1. The van der Waals surface area contributed by atoms with Crippen molar-refractivity contribution in [1.82, 2.24) is 10.3 Å². The van der Waals surface area contributed by atoms with Gasteiger partial charge in [0.1, 0.15) is 5.75 Å². The van der Waals surface area contributed by atoms with Crippen molar-refractivity contribution in [2.75, 3.05) is 13.7 Å². The molecule has 0 aliphatic heterocycles. The Morgan fingerprint density at radius 3 is 2.42 bits per heavy atom. The standard InChI is InChI=1S/C22H24N2O2/c1-22(2,3)17-8-12-20-16(13-17)7-11-19(24-20)15-5-9-18(10-6-15)26-14-21(25)23-4/h5-13H,14H2,1-4H3,(H,23,25). The molecule has 26 heavy (non-hydrogen) atoms. The van der Waals surface area contributed by atoms with E-state index in [0.29, 0.717) is 5.75 Å². The number of hydrogen-bond acceptors (Lipinski definition) is 3. The number of ether oxygens (including phenoxy) is 1. The Kier molecular flexibility index (Phi) is 4.94. The van der Waals surface area contributed by atoms with Gasteiger partial charge in [0.15, 0.2) is 6.61 Å². The average molecular weight is 348 g/mol. The van der Waals surface area contributed by atoms with Crippen molar-refractivity contribution in [3.8, 4) is 17.0 Å². The summed E-state index contributed by atoms with van der Waals surface area (Å²) in [6, 6.07) is 18.2. The van der Waals surface area contributed by atoms with Crippen LogP contribution in [0.4, 0.5) is 0 Å². The van der Waals surface area contributed by atoms with Crippen molar-refractivity contribution in [1.29, 1.82) is 0 Å². The van der Waals surface area contributed by atoms with E-state index in [1.807, 2.05) is 30.3 Å². The van der Waals surface area contributed by atoms with Gasteiger partial charge in [-0.15, -0.1) is 0 Å². The van der Waals surface area contributed by atoms with Gasteiger partial charge in [0.2, 0.25) is 0 Å². The molecule has 4 nitrogen and oxygen atoms in total. The highest BCUT2D eigenvalue weighted by molar-refractivity contribution is 5.82. The van der Waals surface area contributed by atoms with Gasteiger partial charge in [0.25, 0.3) is 5.91 Å². The molecular weight excluding hydrogens is 324 g/mol. The minimum absolute atomic E-state index is 0.0141. The van der Waals surface area contributed by atoms with E-state index in [0.717, 1.165) is 22.2 Å². The first-order chi connectivity index (χ1) is 12.4. The molecule has 0 spiro atoms. The third kappa shape index (κ3) is 4.02. The van der Waals surface area contributed by atoms with Crippen LogP contribution < -0.4 is 10.1 Å². The summed E-state index contributed by atoms with van der Waals surface area (Å²) in [6.45, 7) is 6.65. The smallest absolute Gasteiger partial charge is 0.257 e. The van der Waals surface area contributed by atoms with Crippen molar-refractivity contribution in [2.45, 2.75) is 26.2 Å². The zero-order chi connectivity index (χ0) is 18.7. The van der Waals surface area contributed by atoms with Crippen LogP contribution in [0, 0.1) is 0 Å². The van der Waals surface area contributed by atoms with Gasteiger partial charge >= 0.3 is 0 Å². The molecule has 0 aliphatic rings. The minimum atomic E-state index is -0.153. The number of amides is 1. The van der Waals surface area contributed by atoms with Gasteiger partial charge in [-0.2, -0.15) is 0 Å². The van der Waals surface area contributed by atoms with Crippen LogP contribution in [0.25, 0.3) is 22.2 Å². The van der Waals surface area contributed by atoms with Gasteiger partial charge in [0, 0.05) is 18.0 Å². The number of hydrogen-bond donors (Lipinski definition) is 1. The molecule has 1 N–H and O–H groups in total. The zero-order valence-corrected chi connectivity index (χ0v) is 15.7. The highest BCUT2D eigenvalue weighted by Gasteiger charge is 2.14. The molecule has 4 heteroatoms. The molecule has 0 saturated carbocycles. The highest BCUT2D eigenvalue weighted by Crippen LogP contribution is 2.28. The molecule has 0 radical (unpaired) electrons. The molecule has 0 fully saturated rings. The van der Waals surface area contributed by atoms with Gasteiger partial charge < -0.3 is 10.1 Å². The molecule has 3 rings (SSSR count). The van der Waals surface area contributed by atoms with Crippen LogP contribution in [-0.2, 0) is 10.2 Å². The monoisotopic (exact) mass is 348 g/mol. The van der Waals surface area contributed by atoms with Crippen LogP contribution in [0.5, 0.6) is 5.75 Å². The molecule has 1 heterocycles. The summed E-state index contributed by atoms with van der Waals surface area (Å²) >= 11 is 0. The van der Waals surface area contributed by atoms with Gasteiger partial charge in [0.05, 0.1) is 11.2 Å². The van der Waals surface area contributed by atoms with Crippen LogP contribution in [0.15, 0.2) is 54.6 Å². The fourth-order valence-electron chi connectivity index (χ4n) is 2.70. The van der Waals surface area contributed by atoms with Crippen molar-refractivity contribution in [3.05, 3.63) is 60.2 Å². The number of benzene rings is 2. The number of carbonyl (C=O) groups excluding carboxylic acids is 1. The molecule has 0 saturated heterocycles. The van der Waals surface area contributed by atoms with Crippen molar-refractivity contribution in [2.24, 2.45) is 0 Å². The van der Waals surface area contributed by atoms with Gasteiger partial charge in [-0.25, -0.2) is 4.98 Å². The van der Waals surface area contributed by atoms with E-state index in [-0.39, 0.29) is 17.9 Å². The Hall–Kier alpha value is -2.88. The van der Waals surface area contributed by atoms with Crippen LogP contribution >= 0.6 is 0 Å². The third-order valence-electron chi connectivity index (χ3n) is 4.35. The molecule has 2 aromatic carbocycles. The maximum atomic E-state index is 11.2. The quantitative estimate of drug-likeness (QED) is 0.764. The predicted octanol–water partition coefficient (Wildman–Crippen LogP) is 4.32. The summed E-state index contributed by atoms with van der Waals surface area (Å²) in [6.07, 6.45) is 0. The number of carbonyl (C=O) groups is 1. The summed E-state index contributed by atoms with van der Waals surface area (Å²) < 4.78 is 5.43. The maximum absolute atomic E-state index is 11.2. The van der Waals surface area contributed by atoms with Gasteiger partial charge in [-0.05, 0) is 53.4 Å². The SMILES string of the molecule is CNC(=O)COc1ccc(-c2ccc3cc(C(C)(C)C)ccc3n2)cc1. The first kappa shape index (κ1) is 17.9. The summed E-state index contributed by atoms with van der Waals surface area (Å²) in [4.78, 5) is 16.0. The zero-order valence-electron chi connectivity index (χ0n) is 15.7. The number of rotatable bonds is 4. The predicted molar refractivity (Wildman–Crippen MR) is 105 cm³/mol. The summed E-state index contributed by atoms with van der Waals surface area (Å²) in [7, 11) is 1.59.